The maximum atomic E-state index is 5.54. The molecule has 1 rings (SSSR count). The Morgan fingerprint density at radius 2 is 1.85 bits per heavy atom. The molecular weight excluding hydrogens is 162 g/mol. The topological polar surface area (TPSA) is 54.7 Å². The van der Waals surface area contributed by atoms with Crippen molar-refractivity contribution >= 4 is 0 Å². The van der Waals surface area contributed by atoms with E-state index in [1.165, 1.54) is 5.69 Å². The van der Waals surface area contributed by atoms with Crippen LogP contribution in [0.2, 0.25) is 0 Å². The van der Waals surface area contributed by atoms with Crippen LogP contribution in [0.3, 0.4) is 0 Å². The van der Waals surface area contributed by atoms with E-state index in [-0.39, 0.29) is 0 Å². The molecule has 1 heterocycles. The van der Waals surface area contributed by atoms with E-state index in [4.69, 9.17) is 5.73 Å². The van der Waals surface area contributed by atoms with Gasteiger partial charge >= 0.3 is 0 Å². The van der Waals surface area contributed by atoms with Crippen molar-refractivity contribution in [2.45, 2.75) is 46.1 Å². The first-order valence-corrected chi connectivity index (χ1v) is 4.85. The molecule has 0 spiro atoms. The Morgan fingerprint density at radius 3 is 2.15 bits per heavy atom. The van der Waals surface area contributed by atoms with Crippen LogP contribution in [0.25, 0.3) is 0 Å². The fourth-order valence-corrected chi connectivity index (χ4v) is 1.43. The van der Waals surface area contributed by atoms with Crippen molar-refractivity contribution in [3.8, 4) is 0 Å². The summed E-state index contributed by atoms with van der Waals surface area (Å²) in [5.41, 5.74) is 7.93. The predicted molar refractivity (Wildman–Crippen MR) is 54.7 cm³/mol. The van der Waals surface area contributed by atoms with Gasteiger partial charge in [0.1, 0.15) is 5.82 Å². The lowest BCUT2D eigenvalue weighted by molar-refractivity contribution is 0.759. The molecule has 0 saturated heterocycles. The van der Waals surface area contributed by atoms with Gasteiger partial charge in [-0.1, -0.05) is 27.7 Å². The van der Waals surface area contributed by atoms with Crippen LogP contribution in [0.15, 0.2) is 0 Å². The molecular formula is C10H19N3. The summed E-state index contributed by atoms with van der Waals surface area (Å²) in [5, 5.41) is 0. The number of imidazole rings is 1. The van der Waals surface area contributed by atoms with Crippen molar-refractivity contribution in [2.75, 3.05) is 0 Å². The van der Waals surface area contributed by atoms with Crippen molar-refractivity contribution < 1.29 is 0 Å². The SMILES string of the molecule is CC(C)c1nc(CN)[nH]c1C(C)C. The second-order valence-corrected chi connectivity index (χ2v) is 4.00. The van der Waals surface area contributed by atoms with Gasteiger partial charge in [-0.3, -0.25) is 0 Å². The minimum atomic E-state index is 0.467. The molecule has 0 saturated carbocycles. The van der Waals surface area contributed by atoms with Gasteiger partial charge in [-0.25, -0.2) is 4.98 Å². The van der Waals surface area contributed by atoms with Crippen molar-refractivity contribution in [1.82, 2.24) is 9.97 Å². The third kappa shape index (κ3) is 2.10. The molecule has 0 aliphatic rings. The summed E-state index contributed by atoms with van der Waals surface area (Å²) in [5.74, 6) is 1.85. The lowest BCUT2D eigenvalue weighted by Gasteiger charge is -2.07. The van der Waals surface area contributed by atoms with Gasteiger partial charge in [-0.05, 0) is 11.8 Å². The number of aromatic nitrogens is 2. The molecule has 3 nitrogen and oxygen atoms in total. The number of nitrogens with two attached hydrogens (primary N) is 1. The highest BCUT2D eigenvalue weighted by atomic mass is 15.0. The van der Waals surface area contributed by atoms with Gasteiger partial charge in [0, 0.05) is 5.69 Å². The molecule has 74 valence electrons. The standard InChI is InChI=1S/C10H19N3/c1-6(2)9-10(7(3)4)13-8(5-11)12-9/h6-7H,5,11H2,1-4H3,(H,12,13). The van der Waals surface area contributed by atoms with Crippen LogP contribution in [0.5, 0.6) is 0 Å². The van der Waals surface area contributed by atoms with Crippen molar-refractivity contribution in [1.29, 1.82) is 0 Å². The highest BCUT2D eigenvalue weighted by molar-refractivity contribution is 5.21. The van der Waals surface area contributed by atoms with Gasteiger partial charge in [-0.2, -0.15) is 0 Å². The van der Waals surface area contributed by atoms with Gasteiger partial charge in [-0.15, -0.1) is 0 Å². The molecule has 1 aromatic rings. The van der Waals surface area contributed by atoms with Gasteiger partial charge in [0.2, 0.25) is 0 Å². The maximum absolute atomic E-state index is 5.54. The minimum absolute atomic E-state index is 0.467. The Labute approximate surface area is 79.8 Å². The smallest absolute Gasteiger partial charge is 0.120 e. The number of aromatic amines is 1. The van der Waals surface area contributed by atoms with Crippen LogP contribution >= 0.6 is 0 Å². The zero-order valence-corrected chi connectivity index (χ0v) is 8.89. The van der Waals surface area contributed by atoms with Crippen LogP contribution in [0, 0.1) is 0 Å². The largest absolute Gasteiger partial charge is 0.344 e. The minimum Gasteiger partial charge on any atom is -0.344 e. The van der Waals surface area contributed by atoms with Crippen LogP contribution in [0.1, 0.15) is 56.7 Å². The summed E-state index contributed by atoms with van der Waals surface area (Å²) in [6.45, 7) is 9.14. The molecule has 3 heteroatoms. The number of rotatable bonds is 3. The summed E-state index contributed by atoms with van der Waals surface area (Å²) in [6.07, 6.45) is 0. The van der Waals surface area contributed by atoms with E-state index in [9.17, 15) is 0 Å². The average Bonchev–Trinajstić information content (AvgIpc) is 2.47. The molecule has 0 aliphatic carbocycles. The number of nitrogens with one attached hydrogen (secondary N) is 1. The summed E-state index contributed by atoms with van der Waals surface area (Å²) in [6, 6.07) is 0. The Hall–Kier alpha value is -0.830. The number of hydrogen-bond donors (Lipinski definition) is 2. The van der Waals surface area contributed by atoms with Crippen molar-refractivity contribution in [3.63, 3.8) is 0 Å². The third-order valence-electron chi connectivity index (χ3n) is 2.13. The second-order valence-electron chi connectivity index (χ2n) is 4.00. The van der Waals surface area contributed by atoms with Crippen molar-refractivity contribution in [3.05, 3.63) is 17.2 Å². The Morgan fingerprint density at radius 1 is 1.23 bits per heavy atom. The van der Waals surface area contributed by atoms with Gasteiger partial charge in [0.15, 0.2) is 0 Å². The molecule has 0 aliphatic heterocycles. The van der Waals surface area contributed by atoms with Gasteiger partial charge < -0.3 is 10.7 Å². The Balaban J connectivity index is 3.08. The van der Waals surface area contributed by atoms with Crippen LogP contribution < -0.4 is 5.73 Å². The first kappa shape index (κ1) is 10.3. The fourth-order valence-electron chi connectivity index (χ4n) is 1.43. The Kier molecular flexibility index (Phi) is 3.09. The van der Waals surface area contributed by atoms with Crippen LogP contribution in [0.4, 0.5) is 0 Å². The molecule has 0 aromatic carbocycles. The van der Waals surface area contributed by atoms with E-state index in [2.05, 4.69) is 37.7 Å². The Bertz CT molecular complexity index is 248. The van der Waals surface area contributed by atoms with E-state index in [0.717, 1.165) is 11.5 Å². The lowest BCUT2D eigenvalue weighted by atomic mass is 10.0. The molecule has 1 aromatic heterocycles. The molecule has 0 unspecified atom stereocenters. The number of H-pyrrole nitrogens is 1. The van der Waals surface area contributed by atoms with Gasteiger partial charge in [0.05, 0.1) is 12.2 Å². The third-order valence-corrected chi connectivity index (χ3v) is 2.13. The van der Waals surface area contributed by atoms with E-state index >= 15 is 0 Å². The number of hydrogen-bond acceptors (Lipinski definition) is 2. The summed E-state index contributed by atoms with van der Waals surface area (Å²) < 4.78 is 0. The van der Waals surface area contributed by atoms with E-state index < -0.39 is 0 Å². The monoisotopic (exact) mass is 181 g/mol. The molecule has 13 heavy (non-hydrogen) atoms. The van der Waals surface area contributed by atoms with E-state index in [0.29, 0.717) is 18.4 Å². The maximum Gasteiger partial charge on any atom is 0.120 e. The highest BCUT2D eigenvalue weighted by Crippen LogP contribution is 2.23. The molecule has 0 fully saturated rings. The average molecular weight is 181 g/mol. The lowest BCUT2D eigenvalue weighted by Crippen LogP contribution is -1.98. The molecule has 0 bridgehead atoms. The van der Waals surface area contributed by atoms with Gasteiger partial charge in [0.25, 0.3) is 0 Å². The van der Waals surface area contributed by atoms with E-state index in [1.807, 2.05) is 0 Å². The molecule has 3 N–H and O–H groups in total. The number of nitrogens with zero attached hydrogens (tertiary/aromatic N) is 1. The van der Waals surface area contributed by atoms with Crippen LogP contribution in [-0.4, -0.2) is 9.97 Å². The van der Waals surface area contributed by atoms with Crippen LogP contribution in [-0.2, 0) is 6.54 Å². The first-order chi connectivity index (χ1) is 6.06. The summed E-state index contributed by atoms with van der Waals surface area (Å²) in [7, 11) is 0. The normalized spacial score (nSPS) is 11.6. The summed E-state index contributed by atoms with van der Waals surface area (Å²) >= 11 is 0. The fraction of sp³-hybridized carbons (Fsp3) is 0.700. The first-order valence-electron chi connectivity index (χ1n) is 4.85. The zero-order valence-electron chi connectivity index (χ0n) is 8.89. The second kappa shape index (κ2) is 3.92. The predicted octanol–water partition coefficient (Wildman–Crippen LogP) is 2.12. The molecule has 0 amide bonds. The zero-order chi connectivity index (χ0) is 10.0. The highest BCUT2D eigenvalue weighted by Gasteiger charge is 2.14. The van der Waals surface area contributed by atoms with E-state index in [1.54, 1.807) is 0 Å². The van der Waals surface area contributed by atoms with Crippen molar-refractivity contribution in [2.24, 2.45) is 5.73 Å². The summed E-state index contributed by atoms with van der Waals surface area (Å²) in [4.78, 5) is 7.75. The molecule has 0 atom stereocenters. The quantitative estimate of drug-likeness (QED) is 0.750. The molecule has 0 radical (unpaired) electrons.